The molecule has 0 saturated carbocycles. The van der Waals surface area contributed by atoms with Crippen LogP contribution in [0.3, 0.4) is 0 Å². The van der Waals surface area contributed by atoms with Crippen LogP contribution >= 0.6 is 0 Å². The van der Waals surface area contributed by atoms with Gasteiger partial charge in [0.05, 0.1) is 0 Å². The van der Waals surface area contributed by atoms with Gasteiger partial charge in [0.25, 0.3) is 5.91 Å². The summed E-state index contributed by atoms with van der Waals surface area (Å²) >= 11 is 0. The minimum atomic E-state index is -1.04. The Morgan fingerprint density at radius 1 is 1.91 bits per heavy atom. The van der Waals surface area contributed by atoms with Gasteiger partial charge in [-0.05, 0) is 6.92 Å². The zero-order valence-electron chi connectivity index (χ0n) is 5.94. The fourth-order valence-electron chi connectivity index (χ4n) is 0.508. The van der Waals surface area contributed by atoms with Gasteiger partial charge in [-0.3, -0.25) is 4.79 Å². The Morgan fingerprint density at radius 2 is 2.64 bits per heavy atom. The molecule has 11 heavy (non-hydrogen) atoms. The molecular weight excluding hydrogens is 148 g/mol. The van der Waals surface area contributed by atoms with Crippen molar-refractivity contribution in [3.05, 3.63) is 12.3 Å². The molecule has 1 aromatic heterocycles. The Balaban J connectivity index is 2.50. The number of aliphatic hydroxyl groups excluding tert-OH is 1. The minimum absolute atomic E-state index is 0.302. The summed E-state index contributed by atoms with van der Waals surface area (Å²) in [5.41, 5.74) is 0. The number of anilines is 1. The molecule has 1 heterocycles. The largest absolute Gasteiger partial charge is 0.384 e. The van der Waals surface area contributed by atoms with Crippen molar-refractivity contribution in [1.29, 1.82) is 0 Å². The van der Waals surface area contributed by atoms with Gasteiger partial charge in [0.1, 0.15) is 12.4 Å². The summed E-state index contributed by atoms with van der Waals surface area (Å²) in [6, 6.07) is 1.49. The number of aromatic nitrogens is 1. The maximum atomic E-state index is 10.8. The second-order valence-corrected chi connectivity index (χ2v) is 2.05. The summed E-state index contributed by atoms with van der Waals surface area (Å²) in [4.78, 5) is 10.8. The monoisotopic (exact) mass is 156 g/mol. The third-order valence-electron chi connectivity index (χ3n) is 1.07. The molecule has 60 valence electrons. The van der Waals surface area contributed by atoms with Crippen molar-refractivity contribution in [2.75, 3.05) is 5.32 Å². The number of amides is 1. The molecule has 1 atom stereocenters. The number of carbonyl (C=O) groups is 1. The highest BCUT2D eigenvalue weighted by Crippen LogP contribution is 2.01. The van der Waals surface area contributed by atoms with E-state index in [4.69, 9.17) is 5.11 Å². The topological polar surface area (TPSA) is 75.4 Å². The van der Waals surface area contributed by atoms with Crippen LogP contribution in [0.1, 0.15) is 6.92 Å². The summed E-state index contributed by atoms with van der Waals surface area (Å²) in [7, 11) is 0. The van der Waals surface area contributed by atoms with E-state index >= 15 is 0 Å². The van der Waals surface area contributed by atoms with E-state index in [0.717, 1.165) is 0 Å². The molecule has 0 aliphatic heterocycles. The molecule has 0 aromatic carbocycles. The zero-order chi connectivity index (χ0) is 8.27. The molecule has 5 nitrogen and oxygen atoms in total. The van der Waals surface area contributed by atoms with Crippen LogP contribution in [0.25, 0.3) is 0 Å². The van der Waals surface area contributed by atoms with Crippen LogP contribution < -0.4 is 5.32 Å². The molecule has 0 fully saturated rings. The predicted octanol–water partition coefficient (Wildman–Crippen LogP) is -0.00610. The first-order valence-corrected chi connectivity index (χ1v) is 3.09. The number of rotatable bonds is 2. The van der Waals surface area contributed by atoms with Gasteiger partial charge in [0, 0.05) is 6.07 Å². The molecule has 0 aliphatic carbocycles. The van der Waals surface area contributed by atoms with Crippen LogP contribution in [-0.2, 0) is 4.79 Å². The van der Waals surface area contributed by atoms with Crippen LogP contribution in [0.5, 0.6) is 0 Å². The number of nitrogens with zero attached hydrogens (tertiary/aromatic N) is 1. The average molecular weight is 156 g/mol. The summed E-state index contributed by atoms with van der Waals surface area (Å²) in [6.45, 7) is 1.37. The van der Waals surface area contributed by atoms with Gasteiger partial charge in [-0.25, -0.2) is 0 Å². The molecule has 0 aliphatic rings. The van der Waals surface area contributed by atoms with E-state index in [2.05, 4.69) is 15.0 Å². The summed E-state index contributed by atoms with van der Waals surface area (Å²) in [6.07, 6.45) is 0.296. The van der Waals surface area contributed by atoms with Crippen molar-refractivity contribution < 1.29 is 14.4 Å². The van der Waals surface area contributed by atoms with Crippen molar-refractivity contribution in [3.8, 4) is 0 Å². The van der Waals surface area contributed by atoms with Crippen LogP contribution in [-0.4, -0.2) is 22.3 Å². The number of carbonyl (C=O) groups excluding carboxylic acids is 1. The predicted molar refractivity (Wildman–Crippen MR) is 36.8 cm³/mol. The molecule has 1 amide bonds. The first-order chi connectivity index (χ1) is 5.20. The van der Waals surface area contributed by atoms with Gasteiger partial charge in [-0.15, -0.1) is 0 Å². The van der Waals surface area contributed by atoms with Crippen molar-refractivity contribution in [2.24, 2.45) is 0 Å². The Labute approximate surface area is 63.0 Å². The maximum absolute atomic E-state index is 10.8. The Bertz CT molecular complexity index is 230. The zero-order valence-corrected chi connectivity index (χ0v) is 5.94. The van der Waals surface area contributed by atoms with Crippen LogP contribution in [0, 0.1) is 0 Å². The number of hydrogen-bond acceptors (Lipinski definition) is 4. The molecule has 1 rings (SSSR count). The van der Waals surface area contributed by atoms with E-state index in [0.29, 0.717) is 5.82 Å². The Kier molecular flexibility index (Phi) is 2.22. The lowest BCUT2D eigenvalue weighted by Gasteiger charge is -2.01. The van der Waals surface area contributed by atoms with Gasteiger partial charge >= 0.3 is 0 Å². The number of aliphatic hydroxyl groups is 1. The fraction of sp³-hybridized carbons (Fsp3) is 0.333. The minimum Gasteiger partial charge on any atom is -0.384 e. The highest BCUT2D eigenvalue weighted by Gasteiger charge is 2.09. The molecule has 2 N–H and O–H groups in total. The SMILES string of the molecule is C[C@@H](O)C(=O)Nc1ccon1. The molecular formula is C6H8N2O3. The van der Waals surface area contributed by atoms with Crippen molar-refractivity contribution in [1.82, 2.24) is 5.16 Å². The number of nitrogens with one attached hydrogen (secondary N) is 1. The maximum Gasteiger partial charge on any atom is 0.254 e. The second kappa shape index (κ2) is 3.16. The van der Waals surface area contributed by atoms with E-state index in [1.165, 1.54) is 19.3 Å². The van der Waals surface area contributed by atoms with E-state index < -0.39 is 12.0 Å². The Hall–Kier alpha value is -1.36. The lowest BCUT2D eigenvalue weighted by Crippen LogP contribution is -2.24. The lowest BCUT2D eigenvalue weighted by molar-refractivity contribution is -0.123. The van der Waals surface area contributed by atoms with Gasteiger partial charge in [0.2, 0.25) is 0 Å². The van der Waals surface area contributed by atoms with E-state index in [1.807, 2.05) is 0 Å². The normalized spacial score (nSPS) is 12.5. The molecule has 0 saturated heterocycles. The van der Waals surface area contributed by atoms with Crippen molar-refractivity contribution >= 4 is 11.7 Å². The van der Waals surface area contributed by atoms with Crippen LogP contribution in [0.15, 0.2) is 16.9 Å². The van der Waals surface area contributed by atoms with E-state index in [1.54, 1.807) is 0 Å². The standard InChI is InChI=1S/C6H8N2O3/c1-4(9)6(10)7-5-2-3-11-8-5/h2-4,9H,1H3,(H,7,8,10)/t4-/m1/s1. The molecule has 0 spiro atoms. The van der Waals surface area contributed by atoms with Crippen LogP contribution in [0.2, 0.25) is 0 Å². The quantitative estimate of drug-likeness (QED) is 0.631. The van der Waals surface area contributed by atoms with Crippen molar-refractivity contribution in [2.45, 2.75) is 13.0 Å². The average Bonchev–Trinajstić information content (AvgIpc) is 2.39. The summed E-state index contributed by atoms with van der Waals surface area (Å²) in [5, 5.41) is 14.5. The Morgan fingerprint density at radius 3 is 3.09 bits per heavy atom. The first-order valence-electron chi connectivity index (χ1n) is 3.09. The van der Waals surface area contributed by atoms with Gasteiger partial charge < -0.3 is 14.9 Å². The third-order valence-corrected chi connectivity index (χ3v) is 1.07. The van der Waals surface area contributed by atoms with Gasteiger partial charge in [0.15, 0.2) is 5.82 Å². The van der Waals surface area contributed by atoms with E-state index in [9.17, 15) is 4.79 Å². The third kappa shape index (κ3) is 2.05. The molecule has 5 heteroatoms. The smallest absolute Gasteiger partial charge is 0.254 e. The van der Waals surface area contributed by atoms with Crippen molar-refractivity contribution in [3.63, 3.8) is 0 Å². The van der Waals surface area contributed by atoms with Crippen LogP contribution in [0.4, 0.5) is 5.82 Å². The lowest BCUT2D eigenvalue weighted by atomic mass is 10.4. The summed E-state index contributed by atoms with van der Waals surface area (Å²) in [5.74, 6) is -0.199. The second-order valence-electron chi connectivity index (χ2n) is 2.05. The van der Waals surface area contributed by atoms with Gasteiger partial charge in [-0.2, -0.15) is 0 Å². The van der Waals surface area contributed by atoms with E-state index in [-0.39, 0.29) is 0 Å². The molecule has 0 radical (unpaired) electrons. The highest BCUT2D eigenvalue weighted by atomic mass is 16.5. The first kappa shape index (κ1) is 7.74. The number of hydrogen-bond donors (Lipinski definition) is 2. The molecule has 1 aromatic rings. The molecule has 0 bridgehead atoms. The molecule has 0 unspecified atom stereocenters. The fourth-order valence-corrected chi connectivity index (χ4v) is 0.508. The summed E-state index contributed by atoms with van der Waals surface area (Å²) < 4.78 is 4.45. The van der Waals surface area contributed by atoms with Gasteiger partial charge in [-0.1, -0.05) is 5.16 Å². The highest BCUT2D eigenvalue weighted by molar-refractivity contribution is 5.92.